The fourth-order valence-corrected chi connectivity index (χ4v) is 2.34. The highest BCUT2D eigenvalue weighted by molar-refractivity contribution is 5.75. The Kier molecular flexibility index (Phi) is 7.63. The zero-order chi connectivity index (χ0) is 19.6. The van der Waals surface area contributed by atoms with Gasteiger partial charge in [-0.25, -0.2) is 9.59 Å². The molecular weight excluding hydrogens is 352 g/mol. The van der Waals surface area contributed by atoms with Crippen LogP contribution in [-0.2, 0) is 32.1 Å². The van der Waals surface area contributed by atoms with E-state index in [1.54, 1.807) is 31.4 Å². The first-order chi connectivity index (χ1) is 13.0. The highest BCUT2D eigenvalue weighted by atomic mass is 16.6. The van der Waals surface area contributed by atoms with E-state index in [4.69, 9.17) is 24.1 Å². The van der Waals surface area contributed by atoms with Crippen LogP contribution in [0.15, 0.2) is 48.5 Å². The van der Waals surface area contributed by atoms with Gasteiger partial charge in [-0.2, -0.15) is 0 Å². The Morgan fingerprint density at radius 3 is 2.07 bits per heavy atom. The van der Waals surface area contributed by atoms with Gasteiger partial charge in [0.15, 0.2) is 12.7 Å². The summed E-state index contributed by atoms with van der Waals surface area (Å²) in [7, 11) is 2.91. The Hall–Kier alpha value is -3.06. The number of carbonyl (C=O) groups is 2. The van der Waals surface area contributed by atoms with E-state index in [0.717, 1.165) is 16.9 Å². The monoisotopic (exact) mass is 374 g/mol. The highest BCUT2D eigenvalue weighted by Crippen LogP contribution is 2.17. The van der Waals surface area contributed by atoms with Crippen molar-refractivity contribution in [2.45, 2.75) is 19.1 Å². The van der Waals surface area contributed by atoms with Crippen LogP contribution in [0.25, 0.3) is 0 Å². The van der Waals surface area contributed by atoms with Crippen LogP contribution in [0.3, 0.4) is 0 Å². The molecule has 144 valence electrons. The standard InChI is InChI=1S/C20H22O7/c1-24-16-7-5-15(6-8-16)12-27-18(20(23)25-2)11-14-3-9-17(10-4-14)26-13-19(21)22/h3-10,18H,11-13H2,1-2H3,(H,21,22). The van der Waals surface area contributed by atoms with Crippen LogP contribution in [-0.4, -0.2) is 44.0 Å². The Balaban J connectivity index is 1.96. The number of ether oxygens (including phenoxy) is 4. The van der Waals surface area contributed by atoms with Crippen LogP contribution in [0.4, 0.5) is 0 Å². The lowest BCUT2D eigenvalue weighted by atomic mass is 10.1. The van der Waals surface area contributed by atoms with Crippen molar-refractivity contribution in [2.24, 2.45) is 0 Å². The Labute approximate surface area is 157 Å². The van der Waals surface area contributed by atoms with Gasteiger partial charge in [-0.05, 0) is 35.4 Å². The number of methoxy groups -OCH3 is 2. The van der Waals surface area contributed by atoms with Crippen molar-refractivity contribution in [1.82, 2.24) is 0 Å². The lowest BCUT2D eigenvalue weighted by Crippen LogP contribution is -2.28. The maximum absolute atomic E-state index is 12.0. The van der Waals surface area contributed by atoms with Gasteiger partial charge in [0.25, 0.3) is 0 Å². The van der Waals surface area contributed by atoms with Crippen molar-refractivity contribution in [3.05, 3.63) is 59.7 Å². The van der Waals surface area contributed by atoms with Gasteiger partial charge < -0.3 is 24.1 Å². The van der Waals surface area contributed by atoms with E-state index in [1.807, 2.05) is 24.3 Å². The molecule has 0 amide bonds. The van der Waals surface area contributed by atoms with E-state index in [1.165, 1.54) is 7.11 Å². The number of hydrogen-bond acceptors (Lipinski definition) is 6. The quantitative estimate of drug-likeness (QED) is 0.639. The zero-order valence-electron chi connectivity index (χ0n) is 15.2. The molecule has 1 atom stereocenters. The molecule has 1 unspecified atom stereocenters. The van der Waals surface area contributed by atoms with E-state index in [-0.39, 0.29) is 6.61 Å². The fourth-order valence-electron chi connectivity index (χ4n) is 2.34. The molecule has 2 aromatic carbocycles. The molecular formula is C20H22O7. The Morgan fingerprint density at radius 2 is 1.52 bits per heavy atom. The first kappa shape index (κ1) is 20.3. The second-order valence-corrected chi connectivity index (χ2v) is 5.70. The minimum Gasteiger partial charge on any atom is -0.497 e. The zero-order valence-corrected chi connectivity index (χ0v) is 15.2. The average Bonchev–Trinajstić information content (AvgIpc) is 2.70. The summed E-state index contributed by atoms with van der Waals surface area (Å²) in [6, 6.07) is 14.2. The van der Waals surface area contributed by atoms with E-state index in [0.29, 0.717) is 12.2 Å². The second kappa shape index (κ2) is 10.2. The van der Waals surface area contributed by atoms with Gasteiger partial charge in [0.05, 0.1) is 20.8 Å². The number of rotatable bonds is 10. The molecule has 2 rings (SSSR count). The van der Waals surface area contributed by atoms with Gasteiger partial charge in [-0.3, -0.25) is 0 Å². The minimum atomic E-state index is -1.04. The molecule has 0 radical (unpaired) electrons. The average molecular weight is 374 g/mol. The molecule has 0 bridgehead atoms. The van der Waals surface area contributed by atoms with E-state index < -0.39 is 24.6 Å². The van der Waals surface area contributed by atoms with Crippen molar-refractivity contribution < 1.29 is 33.6 Å². The minimum absolute atomic E-state index is 0.254. The highest BCUT2D eigenvalue weighted by Gasteiger charge is 2.20. The van der Waals surface area contributed by atoms with Gasteiger partial charge in [0, 0.05) is 6.42 Å². The van der Waals surface area contributed by atoms with Crippen LogP contribution in [0, 0.1) is 0 Å². The van der Waals surface area contributed by atoms with Gasteiger partial charge in [0.2, 0.25) is 0 Å². The smallest absolute Gasteiger partial charge is 0.341 e. The third kappa shape index (κ3) is 6.63. The van der Waals surface area contributed by atoms with E-state index in [2.05, 4.69) is 0 Å². The maximum Gasteiger partial charge on any atom is 0.341 e. The summed E-state index contributed by atoms with van der Waals surface area (Å²) in [5, 5.41) is 8.62. The molecule has 27 heavy (non-hydrogen) atoms. The number of hydrogen-bond donors (Lipinski definition) is 1. The van der Waals surface area contributed by atoms with Crippen LogP contribution < -0.4 is 9.47 Å². The molecule has 2 aromatic rings. The lowest BCUT2D eigenvalue weighted by molar-refractivity contribution is -0.154. The summed E-state index contributed by atoms with van der Waals surface area (Å²) >= 11 is 0. The van der Waals surface area contributed by atoms with Crippen LogP contribution in [0.2, 0.25) is 0 Å². The molecule has 0 aliphatic rings. The Morgan fingerprint density at radius 1 is 0.926 bits per heavy atom. The number of carbonyl (C=O) groups excluding carboxylic acids is 1. The number of benzene rings is 2. The summed E-state index contributed by atoms with van der Waals surface area (Å²) in [4.78, 5) is 22.5. The number of esters is 1. The third-order valence-electron chi connectivity index (χ3n) is 3.78. The first-order valence-electron chi connectivity index (χ1n) is 8.27. The van der Waals surface area contributed by atoms with E-state index in [9.17, 15) is 9.59 Å². The van der Waals surface area contributed by atoms with Gasteiger partial charge in [-0.15, -0.1) is 0 Å². The first-order valence-corrected chi connectivity index (χ1v) is 8.27. The van der Waals surface area contributed by atoms with E-state index >= 15 is 0 Å². The van der Waals surface area contributed by atoms with Crippen molar-refractivity contribution in [1.29, 1.82) is 0 Å². The largest absolute Gasteiger partial charge is 0.497 e. The van der Waals surface area contributed by atoms with Crippen molar-refractivity contribution in [3.8, 4) is 11.5 Å². The maximum atomic E-state index is 12.0. The molecule has 7 heteroatoms. The topological polar surface area (TPSA) is 91.3 Å². The summed E-state index contributed by atoms with van der Waals surface area (Å²) in [6.07, 6.45) is -0.440. The van der Waals surface area contributed by atoms with Gasteiger partial charge in [-0.1, -0.05) is 24.3 Å². The predicted octanol–water partition coefficient (Wildman–Crippen LogP) is 2.46. The van der Waals surface area contributed by atoms with Crippen LogP contribution >= 0.6 is 0 Å². The SMILES string of the molecule is COC(=O)C(Cc1ccc(OCC(=O)O)cc1)OCc1ccc(OC)cc1. The van der Waals surface area contributed by atoms with Crippen molar-refractivity contribution >= 4 is 11.9 Å². The molecule has 0 heterocycles. The van der Waals surface area contributed by atoms with Crippen LogP contribution in [0.5, 0.6) is 11.5 Å². The molecule has 0 spiro atoms. The van der Waals surface area contributed by atoms with Crippen LogP contribution in [0.1, 0.15) is 11.1 Å². The van der Waals surface area contributed by atoms with Gasteiger partial charge >= 0.3 is 11.9 Å². The summed E-state index contributed by atoms with van der Waals surface area (Å²) in [5.41, 5.74) is 1.74. The number of carboxylic acids is 1. The van der Waals surface area contributed by atoms with Crippen molar-refractivity contribution in [2.75, 3.05) is 20.8 Å². The lowest BCUT2D eigenvalue weighted by Gasteiger charge is -2.16. The molecule has 0 fully saturated rings. The normalized spacial score (nSPS) is 11.5. The molecule has 0 aromatic heterocycles. The molecule has 0 aliphatic carbocycles. The molecule has 7 nitrogen and oxygen atoms in total. The summed E-state index contributed by atoms with van der Waals surface area (Å²) in [5.74, 6) is -0.324. The second-order valence-electron chi connectivity index (χ2n) is 5.70. The third-order valence-corrected chi connectivity index (χ3v) is 3.78. The molecule has 0 aliphatic heterocycles. The number of aliphatic carboxylic acids is 1. The molecule has 0 saturated heterocycles. The Bertz CT molecular complexity index is 738. The molecule has 1 N–H and O–H groups in total. The summed E-state index contributed by atoms with van der Waals surface area (Å²) < 4.78 is 20.8. The molecule has 0 saturated carbocycles. The fraction of sp³-hybridized carbons (Fsp3) is 0.300. The predicted molar refractivity (Wildman–Crippen MR) is 96.9 cm³/mol. The number of carboxylic acid groups (broad SMARTS) is 1. The summed E-state index contributed by atoms with van der Waals surface area (Å²) in [6.45, 7) is -0.154. The van der Waals surface area contributed by atoms with Gasteiger partial charge in [0.1, 0.15) is 11.5 Å². The van der Waals surface area contributed by atoms with Crippen molar-refractivity contribution in [3.63, 3.8) is 0 Å².